The van der Waals surface area contributed by atoms with Crippen LogP contribution in [0.25, 0.3) is 0 Å². The number of aryl methyl sites for hydroxylation is 1. The van der Waals surface area contributed by atoms with Gasteiger partial charge in [-0.15, -0.1) is 35.3 Å². The smallest absolute Gasteiger partial charge is 0.190 e. The largest absolute Gasteiger partial charge is 0.494 e. The molecule has 0 aliphatic heterocycles. The quantitative estimate of drug-likeness (QED) is 0.248. The second-order valence-electron chi connectivity index (χ2n) is 5.62. The molecule has 0 fully saturated rings. The van der Waals surface area contributed by atoms with E-state index in [1.807, 2.05) is 12.1 Å². The number of hydrogen-bond donors (Lipinski definition) is 2. The standard InChI is InChI=1S/C19H27N3OS.HI/c1-16-7-9-17(10-8-16)23-14-4-3-12-21-19(20-2)22-13-11-18-6-5-15-24-18;/h5-10,15H,3-4,11-14H2,1-2H3,(H2,20,21,22);1H. The summed E-state index contributed by atoms with van der Waals surface area (Å²) < 4.78 is 5.73. The summed E-state index contributed by atoms with van der Waals surface area (Å²) in [7, 11) is 1.81. The van der Waals surface area contributed by atoms with E-state index in [1.165, 1.54) is 10.4 Å². The molecule has 2 aromatic rings. The van der Waals surface area contributed by atoms with Gasteiger partial charge in [-0.1, -0.05) is 23.8 Å². The lowest BCUT2D eigenvalue weighted by Gasteiger charge is -2.11. The van der Waals surface area contributed by atoms with Crippen LogP contribution in [0.2, 0.25) is 0 Å². The fraction of sp³-hybridized carbons (Fsp3) is 0.421. The second kappa shape index (κ2) is 13.0. The highest BCUT2D eigenvalue weighted by Crippen LogP contribution is 2.11. The molecule has 0 radical (unpaired) electrons. The average Bonchev–Trinajstić information content (AvgIpc) is 3.11. The van der Waals surface area contributed by atoms with Crippen LogP contribution in [-0.4, -0.2) is 32.7 Å². The Bertz CT molecular complexity index is 600. The van der Waals surface area contributed by atoms with Crippen molar-refractivity contribution in [2.24, 2.45) is 4.99 Å². The molecule has 0 saturated heterocycles. The Labute approximate surface area is 172 Å². The summed E-state index contributed by atoms with van der Waals surface area (Å²) in [6, 6.07) is 12.4. The van der Waals surface area contributed by atoms with E-state index in [2.05, 4.69) is 52.2 Å². The summed E-state index contributed by atoms with van der Waals surface area (Å²) >= 11 is 1.79. The zero-order valence-electron chi connectivity index (χ0n) is 15.0. The summed E-state index contributed by atoms with van der Waals surface area (Å²) in [5.74, 6) is 1.81. The van der Waals surface area contributed by atoms with Crippen LogP contribution in [0.4, 0.5) is 0 Å². The van der Waals surface area contributed by atoms with Crippen molar-refractivity contribution in [3.63, 3.8) is 0 Å². The van der Waals surface area contributed by atoms with Crippen LogP contribution in [0.3, 0.4) is 0 Å². The second-order valence-corrected chi connectivity index (χ2v) is 6.66. The van der Waals surface area contributed by atoms with Crippen molar-refractivity contribution in [2.45, 2.75) is 26.2 Å². The van der Waals surface area contributed by atoms with Gasteiger partial charge < -0.3 is 15.4 Å². The summed E-state index contributed by atoms with van der Waals surface area (Å²) in [5, 5.41) is 8.80. The molecule has 0 unspecified atom stereocenters. The highest BCUT2D eigenvalue weighted by Gasteiger charge is 1.99. The lowest BCUT2D eigenvalue weighted by atomic mass is 10.2. The molecule has 0 saturated carbocycles. The Morgan fingerprint density at radius 1 is 1.08 bits per heavy atom. The van der Waals surface area contributed by atoms with E-state index in [4.69, 9.17) is 4.74 Å². The number of thiophene rings is 1. The molecular formula is C19H28IN3OS. The van der Waals surface area contributed by atoms with Crippen LogP contribution < -0.4 is 15.4 Å². The van der Waals surface area contributed by atoms with Crippen molar-refractivity contribution < 1.29 is 4.74 Å². The van der Waals surface area contributed by atoms with Gasteiger partial charge >= 0.3 is 0 Å². The highest BCUT2D eigenvalue weighted by molar-refractivity contribution is 14.0. The van der Waals surface area contributed by atoms with E-state index >= 15 is 0 Å². The van der Waals surface area contributed by atoms with Gasteiger partial charge in [0, 0.05) is 25.0 Å². The third-order valence-corrected chi connectivity index (χ3v) is 4.56. The molecule has 0 bridgehead atoms. The molecule has 0 aliphatic rings. The van der Waals surface area contributed by atoms with Gasteiger partial charge in [-0.05, 0) is 49.8 Å². The van der Waals surface area contributed by atoms with Gasteiger partial charge in [0.1, 0.15) is 5.75 Å². The normalized spacial score (nSPS) is 10.9. The number of guanidine groups is 1. The van der Waals surface area contributed by atoms with Crippen molar-refractivity contribution in [1.29, 1.82) is 0 Å². The SMILES string of the molecule is CN=C(NCCCCOc1ccc(C)cc1)NCCc1cccs1.I. The van der Waals surface area contributed by atoms with Gasteiger partial charge in [0.2, 0.25) is 0 Å². The predicted octanol–water partition coefficient (Wildman–Crippen LogP) is 4.24. The molecule has 0 aliphatic carbocycles. The van der Waals surface area contributed by atoms with Crippen molar-refractivity contribution >= 4 is 41.3 Å². The molecule has 0 amide bonds. The number of aliphatic imine (C=N–C) groups is 1. The molecule has 4 nitrogen and oxygen atoms in total. The monoisotopic (exact) mass is 473 g/mol. The number of halogens is 1. The maximum absolute atomic E-state index is 5.73. The number of unbranched alkanes of at least 4 members (excludes halogenated alkanes) is 1. The van der Waals surface area contributed by atoms with Crippen molar-refractivity contribution in [1.82, 2.24) is 10.6 Å². The molecule has 138 valence electrons. The third-order valence-electron chi connectivity index (χ3n) is 3.62. The van der Waals surface area contributed by atoms with Gasteiger partial charge in [-0.25, -0.2) is 0 Å². The summed E-state index contributed by atoms with van der Waals surface area (Å²) in [6.45, 7) is 4.62. The summed E-state index contributed by atoms with van der Waals surface area (Å²) in [6.07, 6.45) is 3.10. The first-order valence-corrected chi connectivity index (χ1v) is 9.32. The molecule has 1 heterocycles. The number of hydrogen-bond acceptors (Lipinski definition) is 3. The molecule has 6 heteroatoms. The van der Waals surface area contributed by atoms with E-state index in [0.717, 1.165) is 50.7 Å². The lowest BCUT2D eigenvalue weighted by Crippen LogP contribution is -2.38. The third kappa shape index (κ3) is 9.11. The lowest BCUT2D eigenvalue weighted by molar-refractivity contribution is 0.307. The molecule has 1 aromatic heterocycles. The predicted molar refractivity (Wildman–Crippen MR) is 119 cm³/mol. The van der Waals surface area contributed by atoms with Crippen LogP contribution in [0.5, 0.6) is 5.75 Å². The van der Waals surface area contributed by atoms with Crippen LogP contribution >= 0.6 is 35.3 Å². The van der Waals surface area contributed by atoms with Crippen LogP contribution in [0.1, 0.15) is 23.3 Å². The summed E-state index contributed by atoms with van der Waals surface area (Å²) in [5.41, 5.74) is 1.25. The molecule has 2 rings (SSSR count). The fourth-order valence-electron chi connectivity index (χ4n) is 2.24. The van der Waals surface area contributed by atoms with E-state index < -0.39 is 0 Å². The highest BCUT2D eigenvalue weighted by atomic mass is 127. The topological polar surface area (TPSA) is 45.7 Å². The van der Waals surface area contributed by atoms with E-state index in [1.54, 1.807) is 18.4 Å². The molecule has 0 spiro atoms. The Hall–Kier alpha value is -1.28. The van der Waals surface area contributed by atoms with Crippen molar-refractivity contribution in [3.05, 3.63) is 52.2 Å². The fourth-order valence-corrected chi connectivity index (χ4v) is 2.95. The summed E-state index contributed by atoms with van der Waals surface area (Å²) in [4.78, 5) is 5.64. The number of nitrogens with zero attached hydrogens (tertiary/aromatic N) is 1. The minimum Gasteiger partial charge on any atom is -0.494 e. The van der Waals surface area contributed by atoms with Gasteiger partial charge in [0.05, 0.1) is 6.61 Å². The van der Waals surface area contributed by atoms with Gasteiger partial charge in [0.15, 0.2) is 5.96 Å². The maximum atomic E-state index is 5.73. The number of benzene rings is 1. The van der Waals surface area contributed by atoms with E-state index in [0.29, 0.717) is 0 Å². The molecule has 1 aromatic carbocycles. The minimum absolute atomic E-state index is 0. The van der Waals surface area contributed by atoms with E-state index in [-0.39, 0.29) is 24.0 Å². The van der Waals surface area contributed by atoms with Crippen LogP contribution in [0.15, 0.2) is 46.8 Å². The molecular weight excluding hydrogens is 445 g/mol. The first-order chi connectivity index (χ1) is 11.8. The first-order valence-electron chi connectivity index (χ1n) is 8.44. The van der Waals surface area contributed by atoms with E-state index in [9.17, 15) is 0 Å². The number of ether oxygens (including phenoxy) is 1. The van der Waals surface area contributed by atoms with Crippen LogP contribution in [-0.2, 0) is 6.42 Å². The molecule has 0 atom stereocenters. The van der Waals surface area contributed by atoms with Gasteiger partial charge in [0.25, 0.3) is 0 Å². The number of rotatable bonds is 9. The van der Waals surface area contributed by atoms with Gasteiger partial charge in [-0.3, -0.25) is 4.99 Å². The molecule has 2 N–H and O–H groups in total. The Balaban J connectivity index is 0.00000312. The van der Waals surface area contributed by atoms with Crippen LogP contribution in [0, 0.1) is 6.92 Å². The maximum Gasteiger partial charge on any atom is 0.190 e. The Kier molecular flexibility index (Phi) is 11.3. The Morgan fingerprint density at radius 3 is 2.52 bits per heavy atom. The zero-order chi connectivity index (χ0) is 17.0. The number of nitrogens with one attached hydrogen (secondary N) is 2. The van der Waals surface area contributed by atoms with Crippen molar-refractivity contribution in [2.75, 3.05) is 26.7 Å². The van der Waals surface area contributed by atoms with Crippen molar-refractivity contribution in [3.8, 4) is 5.75 Å². The minimum atomic E-state index is 0. The Morgan fingerprint density at radius 2 is 1.84 bits per heavy atom. The molecule has 25 heavy (non-hydrogen) atoms. The average molecular weight is 473 g/mol. The first kappa shape index (κ1) is 21.8. The van der Waals surface area contributed by atoms with Gasteiger partial charge in [-0.2, -0.15) is 0 Å². The zero-order valence-corrected chi connectivity index (χ0v) is 18.1.